The molecule has 23 heavy (non-hydrogen) atoms. The summed E-state index contributed by atoms with van der Waals surface area (Å²) in [5.74, 6) is 0.903. The van der Waals surface area contributed by atoms with Gasteiger partial charge in [0.05, 0.1) is 0 Å². The van der Waals surface area contributed by atoms with Crippen LogP contribution in [0.3, 0.4) is 0 Å². The van der Waals surface area contributed by atoms with Crippen LogP contribution in [0.25, 0.3) is 0 Å². The average Bonchev–Trinajstić information content (AvgIpc) is 2.54. The first-order valence-corrected chi connectivity index (χ1v) is 7.35. The molecule has 0 fully saturated rings. The monoisotopic (exact) mass is 311 g/mol. The van der Waals surface area contributed by atoms with Gasteiger partial charge in [-0.05, 0) is 19.1 Å². The van der Waals surface area contributed by atoms with Gasteiger partial charge >= 0.3 is 0 Å². The molecule has 0 saturated heterocycles. The Bertz CT molecular complexity index is 746. The van der Waals surface area contributed by atoms with Crippen LogP contribution in [-0.2, 0) is 9.59 Å². The van der Waals surface area contributed by atoms with Crippen molar-refractivity contribution in [1.82, 2.24) is 4.98 Å². The molecule has 1 aromatic heterocycles. The number of nitrogen functional groups attached to an aromatic ring is 1. The van der Waals surface area contributed by atoms with Crippen molar-refractivity contribution in [2.75, 3.05) is 17.2 Å². The molecule has 2 aromatic rings. The van der Waals surface area contributed by atoms with Crippen LogP contribution in [0.5, 0.6) is 5.75 Å². The van der Waals surface area contributed by atoms with Crippen LogP contribution >= 0.6 is 0 Å². The van der Waals surface area contributed by atoms with Crippen molar-refractivity contribution in [3.05, 3.63) is 48.0 Å². The van der Waals surface area contributed by atoms with E-state index in [1.807, 2.05) is 30.3 Å². The highest BCUT2D eigenvalue weighted by Gasteiger charge is 2.36. The molecule has 0 radical (unpaired) electrons. The largest absolute Gasteiger partial charge is 0.472 e. The van der Waals surface area contributed by atoms with Crippen LogP contribution in [0.1, 0.15) is 25.0 Å². The minimum Gasteiger partial charge on any atom is -0.472 e. The van der Waals surface area contributed by atoms with Crippen LogP contribution in [0.15, 0.2) is 42.5 Å². The Morgan fingerprint density at radius 2 is 2.00 bits per heavy atom. The van der Waals surface area contributed by atoms with Gasteiger partial charge in [0.2, 0.25) is 6.10 Å². The fraction of sp³-hybridized carbons (Fsp3) is 0.235. The number of fused-ring (bicyclic) bond motifs is 1. The minimum atomic E-state index is -0.749. The number of benzene rings is 1. The molecule has 1 amide bonds. The Morgan fingerprint density at radius 1 is 1.26 bits per heavy atom. The molecule has 1 aromatic carbocycles. The molecule has 1 unspecified atom stereocenters. The van der Waals surface area contributed by atoms with Gasteiger partial charge in [-0.15, -0.1) is 0 Å². The van der Waals surface area contributed by atoms with Gasteiger partial charge < -0.3 is 10.5 Å². The Hall–Kier alpha value is -2.89. The van der Waals surface area contributed by atoms with Crippen LogP contribution in [0, 0.1) is 0 Å². The van der Waals surface area contributed by atoms with Crippen molar-refractivity contribution in [2.45, 2.75) is 19.4 Å². The highest BCUT2D eigenvalue weighted by molar-refractivity contribution is 6.00. The maximum absolute atomic E-state index is 12.8. The maximum Gasteiger partial charge on any atom is 0.274 e. The predicted molar refractivity (Wildman–Crippen MR) is 86.1 cm³/mol. The average molecular weight is 311 g/mol. The fourth-order valence-electron chi connectivity index (χ4n) is 2.48. The van der Waals surface area contributed by atoms with E-state index in [0.717, 1.165) is 5.56 Å². The van der Waals surface area contributed by atoms with Crippen molar-refractivity contribution in [1.29, 1.82) is 0 Å². The van der Waals surface area contributed by atoms with Gasteiger partial charge in [0, 0.05) is 18.5 Å². The van der Waals surface area contributed by atoms with E-state index in [0.29, 0.717) is 17.4 Å². The summed E-state index contributed by atoms with van der Waals surface area (Å²) in [5.41, 5.74) is 6.48. The molecule has 1 aliphatic heterocycles. The maximum atomic E-state index is 12.8. The van der Waals surface area contributed by atoms with E-state index in [2.05, 4.69) is 4.98 Å². The van der Waals surface area contributed by atoms with Crippen molar-refractivity contribution < 1.29 is 14.3 Å². The molecular weight excluding hydrogens is 294 g/mol. The van der Waals surface area contributed by atoms with E-state index in [-0.39, 0.29) is 24.7 Å². The van der Waals surface area contributed by atoms with Crippen molar-refractivity contribution in [2.24, 2.45) is 0 Å². The first-order valence-electron chi connectivity index (χ1n) is 7.35. The molecule has 0 saturated carbocycles. The molecule has 0 bridgehead atoms. The number of amides is 1. The summed E-state index contributed by atoms with van der Waals surface area (Å²) in [5, 5.41) is 0. The number of carbonyl (C=O) groups excluding carboxylic acids is 2. The number of anilines is 2. The molecule has 6 nitrogen and oxygen atoms in total. The number of ketones is 1. The summed E-state index contributed by atoms with van der Waals surface area (Å²) in [6, 6.07) is 12.6. The zero-order valence-corrected chi connectivity index (χ0v) is 12.7. The highest BCUT2D eigenvalue weighted by Crippen LogP contribution is 2.38. The van der Waals surface area contributed by atoms with Gasteiger partial charge in [0.25, 0.3) is 5.91 Å². The van der Waals surface area contributed by atoms with Crippen LogP contribution in [-0.4, -0.2) is 23.2 Å². The van der Waals surface area contributed by atoms with E-state index in [1.54, 1.807) is 12.1 Å². The van der Waals surface area contributed by atoms with Crippen LogP contribution in [0.4, 0.5) is 11.6 Å². The molecule has 2 N–H and O–H groups in total. The van der Waals surface area contributed by atoms with Gasteiger partial charge in [-0.2, -0.15) is 0 Å². The third kappa shape index (κ3) is 3.01. The van der Waals surface area contributed by atoms with E-state index in [1.165, 1.54) is 11.8 Å². The van der Waals surface area contributed by atoms with Crippen molar-refractivity contribution >= 4 is 23.3 Å². The lowest BCUT2D eigenvalue weighted by molar-refractivity contribution is -0.126. The number of nitrogens with zero attached hydrogens (tertiary/aromatic N) is 2. The lowest BCUT2D eigenvalue weighted by Crippen LogP contribution is -2.42. The van der Waals surface area contributed by atoms with Gasteiger partial charge in [0.1, 0.15) is 11.6 Å². The third-order valence-electron chi connectivity index (χ3n) is 3.64. The normalized spacial score (nSPS) is 16.7. The molecule has 0 spiro atoms. The van der Waals surface area contributed by atoms with Gasteiger partial charge in [-0.3, -0.25) is 14.5 Å². The molecule has 118 valence electrons. The third-order valence-corrected chi connectivity index (χ3v) is 3.64. The van der Waals surface area contributed by atoms with E-state index >= 15 is 0 Å². The summed E-state index contributed by atoms with van der Waals surface area (Å²) in [6.45, 7) is 1.75. The zero-order valence-electron chi connectivity index (χ0n) is 12.7. The summed E-state index contributed by atoms with van der Waals surface area (Å²) < 4.78 is 5.83. The van der Waals surface area contributed by atoms with E-state index < -0.39 is 6.10 Å². The standard InChI is InChI=1S/C17H17N3O3/c1-11(21)9-10-20-16-13(7-8-14(18)19-16)23-15(17(20)22)12-5-3-2-4-6-12/h2-8,15H,9-10H2,1H3,(H2,18,19). The predicted octanol–water partition coefficient (Wildman–Crippen LogP) is 2.11. The quantitative estimate of drug-likeness (QED) is 0.934. The second-order valence-corrected chi connectivity index (χ2v) is 5.41. The SMILES string of the molecule is CC(=O)CCN1C(=O)C(c2ccccc2)Oc2ccc(N)nc21. The number of pyridine rings is 1. The highest BCUT2D eigenvalue weighted by atomic mass is 16.5. The summed E-state index contributed by atoms with van der Waals surface area (Å²) >= 11 is 0. The van der Waals surface area contributed by atoms with Gasteiger partial charge in [0.15, 0.2) is 11.6 Å². The Labute approximate surface area is 133 Å². The number of rotatable bonds is 4. The number of aromatic nitrogens is 1. The molecule has 6 heteroatoms. The number of ether oxygens (including phenoxy) is 1. The molecule has 1 aliphatic rings. The van der Waals surface area contributed by atoms with Crippen LogP contribution < -0.4 is 15.4 Å². The number of Topliss-reactive ketones (excluding diaryl/α,β-unsaturated/α-hetero) is 1. The first kappa shape index (κ1) is 15.0. The van der Waals surface area contributed by atoms with Gasteiger partial charge in [-0.1, -0.05) is 30.3 Å². The number of hydrogen-bond acceptors (Lipinski definition) is 5. The fourth-order valence-corrected chi connectivity index (χ4v) is 2.48. The van der Waals surface area contributed by atoms with Crippen molar-refractivity contribution in [3.63, 3.8) is 0 Å². The molecule has 0 aliphatic carbocycles. The first-order chi connectivity index (χ1) is 11.1. The zero-order chi connectivity index (χ0) is 16.4. The van der Waals surface area contributed by atoms with Crippen molar-refractivity contribution in [3.8, 4) is 5.75 Å². The molecule has 3 rings (SSSR count). The van der Waals surface area contributed by atoms with E-state index in [9.17, 15) is 9.59 Å². The van der Waals surface area contributed by atoms with E-state index in [4.69, 9.17) is 10.5 Å². The summed E-state index contributed by atoms with van der Waals surface area (Å²) in [6.07, 6.45) is -0.496. The lowest BCUT2D eigenvalue weighted by atomic mass is 10.1. The second kappa shape index (κ2) is 6.08. The molecule has 1 atom stereocenters. The summed E-state index contributed by atoms with van der Waals surface area (Å²) in [4.78, 5) is 29.8. The number of carbonyl (C=O) groups is 2. The smallest absolute Gasteiger partial charge is 0.274 e. The Balaban J connectivity index is 2.00. The van der Waals surface area contributed by atoms with Crippen LogP contribution in [0.2, 0.25) is 0 Å². The minimum absolute atomic E-state index is 0.00556. The second-order valence-electron chi connectivity index (χ2n) is 5.41. The number of hydrogen-bond donors (Lipinski definition) is 1. The Kier molecular flexibility index (Phi) is 3.97. The lowest BCUT2D eigenvalue weighted by Gasteiger charge is -2.33. The van der Waals surface area contributed by atoms with Gasteiger partial charge in [-0.25, -0.2) is 4.98 Å². The number of nitrogens with two attached hydrogens (primary N) is 1. The molecular formula is C17H17N3O3. The Morgan fingerprint density at radius 3 is 2.70 bits per heavy atom. The molecule has 2 heterocycles. The topological polar surface area (TPSA) is 85.5 Å². The summed E-state index contributed by atoms with van der Waals surface area (Å²) in [7, 11) is 0.